The number of aryl methyl sites for hydroxylation is 2. The van der Waals surface area contributed by atoms with Crippen LogP contribution in [0, 0.1) is 19.8 Å². The number of rotatable bonds is 7. The Hall–Kier alpha value is -2.41. The van der Waals surface area contributed by atoms with Crippen molar-refractivity contribution in [2.75, 3.05) is 31.6 Å². The molecule has 0 radical (unpaired) electrons. The van der Waals surface area contributed by atoms with Crippen LogP contribution in [0.5, 0.6) is 0 Å². The Morgan fingerprint density at radius 3 is 2.79 bits per heavy atom. The van der Waals surface area contributed by atoms with Crippen molar-refractivity contribution in [3.63, 3.8) is 0 Å². The molecule has 1 aromatic heterocycles. The minimum absolute atomic E-state index is 0.0930. The van der Waals surface area contributed by atoms with Gasteiger partial charge >= 0.3 is 6.03 Å². The van der Waals surface area contributed by atoms with E-state index in [4.69, 9.17) is 9.26 Å². The number of amides is 2. The predicted octanol–water partition coefficient (Wildman–Crippen LogP) is 4.07. The highest BCUT2D eigenvalue weighted by Gasteiger charge is 2.35. The third-order valence-corrected chi connectivity index (χ3v) is 6.06. The molecular formula is C22H30N4O3. The first-order valence-corrected chi connectivity index (χ1v) is 10.6. The summed E-state index contributed by atoms with van der Waals surface area (Å²) in [6.07, 6.45) is 5.93. The van der Waals surface area contributed by atoms with Crippen LogP contribution in [0.25, 0.3) is 0 Å². The van der Waals surface area contributed by atoms with Gasteiger partial charge in [0.2, 0.25) is 5.89 Å². The summed E-state index contributed by atoms with van der Waals surface area (Å²) in [5.41, 5.74) is 3.19. The van der Waals surface area contributed by atoms with E-state index in [9.17, 15) is 4.79 Å². The third-order valence-electron chi connectivity index (χ3n) is 6.06. The van der Waals surface area contributed by atoms with Crippen LogP contribution in [0.3, 0.4) is 0 Å². The summed E-state index contributed by atoms with van der Waals surface area (Å²) < 4.78 is 11.2. The Labute approximate surface area is 171 Å². The first-order chi connectivity index (χ1) is 14.1. The number of hydrogen-bond acceptors (Lipinski definition) is 5. The average Bonchev–Trinajstić information content (AvgIpc) is 3.33. The number of carbonyl (C=O) groups excluding carboxylic acids is 1. The SMILES string of the molecule is Cc1ccc(NC(=O)N2CC(c3nc(CCOCC4CCCC4)no3)C2)cc1C. The largest absolute Gasteiger partial charge is 0.381 e. The molecule has 156 valence electrons. The van der Waals surface area contributed by atoms with Crippen molar-refractivity contribution in [3.05, 3.63) is 41.0 Å². The molecule has 2 aromatic rings. The van der Waals surface area contributed by atoms with Crippen LogP contribution in [-0.2, 0) is 11.2 Å². The number of nitrogens with zero attached hydrogens (tertiary/aromatic N) is 3. The minimum atomic E-state index is -0.0930. The van der Waals surface area contributed by atoms with Crippen molar-refractivity contribution < 1.29 is 14.1 Å². The molecule has 0 spiro atoms. The van der Waals surface area contributed by atoms with Gasteiger partial charge in [0.15, 0.2) is 5.82 Å². The fourth-order valence-corrected chi connectivity index (χ4v) is 3.95. The van der Waals surface area contributed by atoms with Gasteiger partial charge in [-0.2, -0.15) is 4.98 Å². The fourth-order valence-electron chi connectivity index (χ4n) is 3.95. The van der Waals surface area contributed by atoms with Gasteiger partial charge in [0.1, 0.15) is 0 Å². The van der Waals surface area contributed by atoms with Crippen LogP contribution >= 0.6 is 0 Å². The highest BCUT2D eigenvalue weighted by molar-refractivity contribution is 5.90. The maximum Gasteiger partial charge on any atom is 0.321 e. The lowest BCUT2D eigenvalue weighted by Gasteiger charge is -2.36. The lowest BCUT2D eigenvalue weighted by molar-refractivity contribution is 0.102. The number of ether oxygens (including phenoxy) is 1. The Morgan fingerprint density at radius 2 is 2.03 bits per heavy atom. The first kappa shape index (κ1) is 19.9. The molecule has 7 nitrogen and oxygen atoms in total. The van der Waals surface area contributed by atoms with Crippen molar-refractivity contribution in [2.45, 2.75) is 51.9 Å². The third kappa shape index (κ3) is 4.96. The summed E-state index contributed by atoms with van der Waals surface area (Å²) in [5.74, 6) is 2.14. The molecule has 2 amide bonds. The Morgan fingerprint density at radius 1 is 1.24 bits per heavy atom. The first-order valence-electron chi connectivity index (χ1n) is 10.6. The van der Waals surface area contributed by atoms with E-state index in [1.807, 2.05) is 25.1 Å². The molecule has 2 fully saturated rings. The smallest absolute Gasteiger partial charge is 0.321 e. The molecule has 0 bridgehead atoms. The van der Waals surface area contributed by atoms with Crippen LogP contribution in [-0.4, -0.2) is 47.4 Å². The number of anilines is 1. The average molecular weight is 399 g/mol. The quantitative estimate of drug-likeness (QED) is 0.711. The van der Waals surface area contributed by atoms with Gasteiger partial charge in [-0.1, -0.05) is 24.1 Å². The monoisotopic (exact) mass is 398 g/mol. The lowest BCUT2D eigenvalue weighted by atomic mass is 10.0. The highest BCUT2D eigenvalue weighted by Crippen LogP contribution is 2.27. The Balaban J connectivity index is 1.18. The van der Waals surface area contributed by atoms with Crippen LogP contribution < -0.4 is 5.32 Å². The molecule has 4 rings (SSSR count). The van der Waals surface area contributed by atoms with E-state index >= 15 is 0 Å². The number of carbonyl (C=O) groups is 1. The van der Waals surface area contributed by atoms with Gasteiger partial charge in [-0.05, 0) is 55.9 Å². The summed E-state index contributed by atoms with van der Waals surface area (Å²) >= 11 is 0. The van der Waals surface area contributed by atoms with Crippen molar-refractivity contribution >= 4 is 11.7 Å². The Kier molecular flexibility index (Phi) is 6.13. The number of hydrogen-bond donors (Lipinski definition) is 1. The zero-order chi connectivity index (χ0) is 20.2. The van der Waals surface area contributed by atoms with Gasteiger partial charge in [0, 0.05) is 31.8 Å². The summed E-state index contributed by atoms with van der Waals surface area (Å²) in [5, 5.41) is 7.01. The molecule has 1 aliphatic carbocycles. The van der Waals surface area contributed by atoms with Crippen molar-refractivity contribution in [3.8, 4) is 0 Å². The maximum absolute atomic E-state index is 12.4. The normalized spacial score (nSPS) is 17.5. The second-order valence-corrected chi connectivity index (χ2v) is 8.36. The summed E-state index contributed by atoms with van der Waals surface area (Å²) in [6, 6.07) is 5.84. The molecule has 7 heteroatoms. The van der Waals surface area contributed by atoms with Gasteiger partial charge in [-0.3, -0.25) is 0 Å². The highest BCUT2D eigenvalue weighted by atomic mass is 16.5. The number of urea groups is 1. The lowest BCUT2D eigenvalue weighted by Crippen LogP contribution is -2.50. The molecule has 0 unspecified atom stereocenters. The van der Waals surface area contributed by atoms with Gasteiger partial charge in [0.25, 0.3) is 0 Å². The molecule has 1 saturated carbocycles. The molecule has 29 heavy (non-hydrogen) atoms. The summed E-state index contributed by atoms with van der Waals surface area (Å²) in [6.45, 7) is 6.76. The van der Waals surface area contributed by atoms with Gasteiger partial charge in [-0.25, -0.2) is 4.79 Å². The van der Waals surface area contributed by atoms with Crippen molar-refractivity contribution in [1.82, 2.24) is 15.0 Å². The van der Waals surface area contributed by atoms with Crippen molar-refractivity contribution in [2.24, 2.45) is 5.92 Å². The van der Waals surface area contributed by atoms with E-state index in [0.717, 1.165) is 23.8 Å². The van der Waals surface area contributed by atoms with E-state index in [-0.39, 0.29) is 11.9 Å². The second kappa shape index (κ2) is 8.95. The van der Waals surface area contributed by atoms with Gasteiger partial charge < -0.3 is 19.5 Å². The fraction of sp³-hybridized carbons (Fsp3) is 0.591. The topological polar surface area (TPSA) is 80.5 Å². The van der Waals surface area contributed by atoms with Crippen LogP contribution in [0.4, 0.5) is 10.5 Å². The van der Waals surface area contributed by atoms with E-state index in [1.165, 1.54) is 31.2 Å². The predicted molar refractivity (Wildman–Crippen MR) is 110 cm³/mol. The Bertz CT molecular complexity index is 838. The van der Waals surface area contributed by atoms with E-state index < -0.39 is 0 Å². The molecule has 2 heterocycles. The number of aromatic nitrogens is 2. The maximum atomic E-state index is 12.4. The molecule has 1 aliphatic heterocycles. The zero-order valence-electron chi connectivity index (χ0n) is 17.3. The molecular weight excluding hydrogens is 368 g/mol. The van der Waals surface area contributed by atoms with E-state index in [0.29, 0.717) is 37.8 Å². The van der Waals surface area contributed by atoms with E-state index in [2.05, 4.69) is 22.4 Å². The molecule has 1 aromatic carbocycles. The standard InChI is InChI=1S/C22H30N4O3/c1-15-7-8-19(11-16(15)2)23-22(27)26-12-18(13-26)21-24-20(25-29-21)9-10-28-14-17-5-3-4-6-17/h7-8,11,17-18H,3-6,9-10,12-14H2,1-2H3,(H,23,27). The molecule has 1 saturated heterocycles. The van der Waals surface area contributed by atoms with Gasteiger partial charge in [-0.15, -0.1) is 0 Å². The number of nitrogens with one attached hydrogen (secondary N) is 1. The molecule has 2 aliphatic rings. The van der Waals surface area contributed by atoms with Crippen LogP contribution in [0.2, 0.25) is 0 Å². The van der Waals surface area contributed by atoms with Gasteiger partial charge in [0.05, 0.1) is 12.5 Å². The van der Waals surface area contributed by atoms with Crippen LogP contribution in [0.15, 0.2) is 22.7 Å². The second-order valence-electron chi connectivity index (χ2n) is 8.36. The van der Waals surface area contributed by atoms with Crippen molar-refractivity contribution in [1.29, 1.82) is 0 Å². The number of likely N-dealkylation sites (tertiary alicyclic amines) is 1. The minimum Gasteiger partial charge on any atom is -0.381 e. The van der Waals surface area contributed by atoms with Crippen LogP contribution in [0.1, 0.15) is 54.4 Å². The summed E-state index contributed by atoms with van der Waals surface area (Å²) in [7, 11) is 0. The zero-order valence-corrected chi connectivity index (χ0v) is 17.3. The summed E-state index contributed by atoms with van der Waals surface area (Å²) in [4.78, 5) is 18.6. The van der Waals surface area contributed by atoms with E-state index in [1.54, 1.807) is 4.90 Å². The molecule has 1 N–H and O–H groups in total. The molecule has 0 atom stereocenters. The number of benzene rings is 1.